The highest BCUT2D eigenvalue weighted by Gasteiger charge is 2.26. The number of pyridine rings is 1. The van der Waals surface area contributed by atoms with E-state index in [2.05, 4.69) is 41.8 Å². The smallest absolute Gasteiger partial charge is 0.271 e. The minimum Gasteiger partial charge on any atom is -0.346 e. The van der Waals surface area contributed by atoms with Crippen LogP contribution in [0.15, 0.2) is 36.8 Å². The fraction of sp³-hybridized carbons (Fsp3) is 0.421. The molecule has 0 aromatic carbocycles. The van der Waals surface area contributed by atoms with Crippen LogP contribution < -0.4 is 5.32 Å². The van der Waals surface area contributed by atoms with Crippen molar-refractivity contribution in [1.29, 1.82) is 0 Å². The molecule has 130 valence electrons. The lowest BCUT2D eigenvalue weighted by molar-refractivity contribution is 0.0923. The maximum absolute atomic E-state index is 12.5. The summed E-state index contributed by atoms with van der Waals surface area (Å²) in [5, 5.41) is 3.12. The van der Waals surface area contributed by atoms with Gasteiger partial charge in [-0.2, -0.15) is 0 Å². The number of carbonyl (C=O) groups is 1. The van der Waals surface area contributed by atoms with E-state index in [1.54, 1.807) is 6.20 Å². The first-order valence-electron chi connectivity index (χ1n) is 8.71. The number of nitrogens with zero attached hydrogens (tertiary/aromatic N) is 4. The van der Waals surface area contributed by atoms with E-state index < -0.39 is 0 Å². The molecule has 0 fully saturated rings. The summed E-state index contributed by atoms with van der Waals surface area (Å²) in [5.41, 5.74) is 2.38. The summed E-state index contributed by atoms with van der Waals surface area (Å²) in [6.07, 6.45) is 7.57. The summed E-state index contributed by atoms with van der Waals surface area (Å²) < 4.78 is 4.04. The number of nitrogens with one attached hydrogen (secondary N) is 1. The molecule has 0 spiro atoms. The van der Waals surface area contributed by atoms with E-state index >= 15 is 0 Å². The number of imidazole rings is 2. The van der Waals surface area contributed by atoms with E-state index in [1.807, 2.05) is 28.8 Å². The van der Waals surface area contributed by atoms with Crippen molar-refractivity contribution in [3.8, 4) is 0 Å². The molecule has 4 rings (SSSR count). The van der Waals surface area contributed by atoms with Gasteiger partial charge in [0.05, 0.1) is 5.69 Å². The van der Waals surface area contributed by atoms with Crippen molar-refractivity contribution in [3.63, 3.8) is 0 Å². The molecule has 1 atom stereocenters. The van der Waals surface area contributed by atoms with E-state index in [0.717, 1.165) is 36.6 Å². The molecule has 6 heteroatoms. The van der Waals surface area contributed by atoms with E-state index in [4.69, 9.17) is 4.98 Å². The number of hydrogen-bond donors (Lipinski definition) is 1. The average molecular weight is 337 g/mol. The Kier molecular flexibility index (Phi) is 3.63. The van der Waals surface area contributed by atoms with Gasteiger partial charge in [0.15, 0.2) is 0 Å². The first-order valence-corrected chi connectivity index (χ1v) is 8.71. The highest BCUT2D eigenvalue weighted by Crippen LogP contribution is 2.24. The standard InChI is InChI=1S/C19H23N5O/c1-19(2,3)15-12-24-10-13(7-8-17(24)22-15)20-18(25)14-11-23-9-5-4-6-16(23)21-14/h4-6,9,11-13H,7-8,10H2,1-3H3,(H,20,25). The van der Waals surface area contributed by atoms with Crippen LogP contribution >= 0.6 is 0 Å². The molecular weight excluding hydrogens is 314 g/mol. The molecule has 4 heterocycles. The Morgan fingerprint density at radius 2 is 2.08 bits per heavy atom. The van der Waals surface area contributed by atoms with Crippen LogP contribution in [0.4, 0.5) is 0 Å². The third-order valence-electron chi connectivity index (χ3n) is 4.69. The van der Waals surface area contributed by atoms with Gasteiger partial charge in [-0.15, -0.1) is 0 Å². The van der Waals surface area contributed by atoms with Crippen molar-refractivity contribution in [2.75, 3.05) is 0 Å². The van der Waals surface area contributed by atoms with Crippen molar-refractivity contribution >= 4 is 11.6 Å². The van der Waals surface area contributed by atoms with E-state index in [1.165, 1.54) is 0 Å². The lowest BCUT2D eigenvalue weighted by Gasteiger charge is -2.24. The zero-order valence-corrected chi connectivity index (χ0v) is 14.9. The first kappa shape index (κ1) is 15.9. The molecule has 25 heavy (non-hydrogen) atoms. The fourth-order valence-electron chi connectivity index (χ4n) is 3.23. The maximum atomic E-state index is 12.5. The Morgan fingerprint density at radius 3 is 2.84 bits per heavy atom. The summed E-state index contributed by atoms with van der Waals surface area (Å²) in [4.78, 5) is 21.7. The summed E-state index contributed by atoms with van der Waals surface area (Å²) in [7, 11) is 0. The summed E-state index contributed by atoms with van der Waals surface area (Å²) >= 11 is 0. The second kappa shape index (κ2) is 5.72. The molecule has 0 aliphatic carbocycles. The number of amides is 1. The van der Waals surface area contributed by atoms with Gasteiger partial charge in [-0.25, -0.2) is 9.97 Å². The van der Waals surface area contributed by atoms with Gasteiger partial charge >= 0.3 is 0 Å². The van der Waals surface area contributed by atoms with E-state index in [-0.39, 0.29) is 17.4 Å². The lowest BCUT2D eigenvalue weighted by Crippen LogP contribution is -2.41. The summed E-state index contributed by atoms with van der Waals surface area (Å²) in [6, 6.07) is 5.83. The molecule has 1 aliphatic heterocycles. The molecule has 1 aliphatic rings. The van der Waals surface area contributed by atoms with Crippen LogP contribution in [0.2, 0.25) is 0 Å². The van der Waals surface area contributed by atoms with Gasteiger partial charge in [-0.3, -0.25) is 4.79 Å². The minimum absolute atomic E-state index is 0.0413. The normalized spacial score (nSPS) is 17.5. The van der Waals surface area contributed by atoms with Crippen LogP contribution in [-0.2, 0) is 18.4 Å². The van der Waals surface area contributed by atoms with Crippen LogP contribution in [0.25, 0.3) is 5.65 Å². The maximum Gasteiger partial charge on any atom is 0.271 e. The Bertz CT molecular complexity index is 898. The van der Waals surface area contributed by atoms with Gasteiger partial charge in [-0.1, -0.05) is 26.8 Å². The Morgan fingerprint density at radius 1 is 1.24 bits per heavy atom. The Hall–Kier alpha value is -2.63. The number of hydrogen-bond acceptors (Lipinski definition) is 3. The highest BCUT2D eigenvalue weighted by molar-refractivity contribution is 5.93. The number of rotatable bonds is 2. The van der Waals surface area contributed by atoms with Crippen LogP contribution in [0.5, 0.6) is 0 Å². The molecule has 3 aromatic heterocycles. The number of fused-ring (bicyclic) bond motifs is 2. The molecule has 1 N–H and O–H groups in total. The number of aryl methyl sites for hydroxylation is 1. The predicted molar refractivity (Wildman–Crippen MR) is 95.7 cm³/mol. The van der Waals surface area contributed by atoms with E-state index in [0.29, 0.717) is 5.69 Å². The van der Waals surface area contributed by atoms with Crippen LogP contribution in [0.3, 0.4) is 0 Å². The minimum atomic E-state index is -0.117. The zero-order chi connectivity index (χ0) is 17.6. The lowest BCUT2D eigenvalue weighted by atomic mass is 9.93. The number of carbonyl (C=O) groups excluding carboxylic acids is 1. The topological polar surface area (TPSA) is 64.2 Å². The van der Waals surface area contributed by atoms with Gasteiger partial charge in [-0.05, 0) is 18.6 Å². The zero-order valence-electron chi connectivity index (χ0n) is 14.9. The quantitative estimate of drug-likeness (QED) is 0.782. The van der Waals surface area contributed by atoms with Gasteiger partial charge in [0, 0.05) is 43.0 Å². The monoisotopic (exact) mass is 337 g/mol. The predicted octanol–water partition coefficient (Wildman–Crippen LogP) is 2.57. The van der Waals surface area contributed by atoms with Crippen molar-refractivity contribution in [3.05, 3.63) is 54.0 Å². The largest absolute Gasteiger partial charge is 0.346 e. The third kappa shape index (κ3) is 3.04. The van der Waals surface area contributed by atoms with Crippen LogP contribution in [0, 0.1) is 0 Å². The van der Waals surface area contributed by atoms with Crippen molar-refractivity contribution in [2.24, 2.45) is 0 Å². The second-order valence-electron chi connectivity index (χ2n) is 7.75. The molecule has 1 amide bonds. The summed E-state index contributed by atoms with van der Waals surface area (Å²) in [6.45, 7) is 7.27. The third-order valence-corrected chi connectivity index (χ3v) is 4.69. The van der Waals surface area contributed by atoms with Crippen LogP contribution in [-0.4, -0.2) is 30.9 Å². The SMILES string of the molecule is CC(C)(C)c1cn2c(n1)CCC(NC(=O)c1cn3ccccc3n1)C2. The Balaban J connectivity index is 1.48. The first-order chi connectivity index (χ1) is 11.9. The molecule has 6 nitrogen and oxygen atoms in total. The molecule has 0 radical (unpaired) electrons. The Labute approximate surface area is 146 Å². The van der Waals surface area contributed by atoms with Gasteiger partial charge in [0.25, 0.3) is 5.91 Å². The summed E-state index contributed by atoms with van der Waals surface area (Å²) in [5.74, 6) is 0.997. The highest BCUT2D eigenvalue weighted by atomic mass is 16.2. The average Bonchev–Trinajstić information content (AvgIpc) is 3.18. The molecule has 0 bridgehead atoms. The van der Waals surface area contributed by atoms with Crippen molar-refractivity contribution in [2.45, 2.75) is 51.6 Å². The van der Waals surface area contributed by atoms with Gasteiger partial charge < -0.3 is 14.3 Å². The van der Waals surface area contributed by atoms with Crippen molar-refractivity contribution in [1.82, 2.24) is 24.3 Å². The fourth-order valence-corrected chi connectivity index (χ4v) is 3.23. The van der Waals surface area contributed by atoms with E-state index in [9.17, 15) is 4.79 Å². The second-order valence-corrected chi connectivity index (χ2v) is 7.75. The molecular formula is C19H23N5O. The van der Waals surface area contributed by atoms with Crippen molar-refractivity contribution < 1.29 is 4.79 Å². The number of aromatic nitrogens is 4. The van der Waals surface area contributed by atoms with Gasteiger partial charge in [0.1, 0.15) is 17.2 Å². The molecule has 0 saturated heterocycles. The van der Waals surface area contributed by atoms with Crippen LogP contribution in [0.1, 0.15) is 49.2 Å². The molecule has 0 saturated carbocycles. The molecule has 3 aromatic rings. The van der Waals surface area contributed by atoms with Gasteiger partial charge in [0.2, 0.25) is 0 Å². The molecule has 1 unspecified atom stereocenters.